The summed E-state index contributed by atoms with van der Waals surface area (Å²) in [5.74, 6) is 1.76. The largest absolute Gasteiger partial charge is 0.497 e. The Morgan fingerprint density at radius 1 is 1.33 bits per heavy atom. The van der Waals surface area contributed by atoms with Crippen molar-refractivity contribution in [2.75, 3.05) is 7.11 Å². The quantitative estimate of drug-likeness (QED) is 0.757. The number of Topliss-reactive ketones (excluding diaryl/α,β-unsaturated/α-hetero) is 1. The molecule has 3 aliphatic rings. The standard InChI is InChI=1S/C20H23ClO3/c1-20-8-7-14-13-6-4-12(24-2)9-11(13)3-5-15(14)18(20)16(19(21)23)10-17(20)22/h4,6,9,14-16,18H,3,5,7-8,10H2,1-2H3/t14-,15-,16+,18-,20-/m1/s1. The SMILES string of the molecule is COc1ccc2c(c1)CC[C@H]1[C@@H]3[C@@H](C(=O)Cl)CC(=O)[C@@]3(C)CC[C@H]21. The Bertz CT molecular complexity index is 713. The minimum absolute atomic E-state index is 0.101. The summed E-state index contributed by atoms with van der Waals surface area (Å²) < 4.78 is 5.36. The van der Waals surface area contributed by atoms with E-state index < -0.39 is 0 Å². The monoisotopic (exact) mass is 346 g/mol. The lowest BCUT2D eigenvalue weighted by atomic mass is 9.54. The zero-order valence-electron chi connectivity index (χ0n) is 14.2. The van der Waals surface area contributed by atoms with Gasteiger partial charge < -0.3 is 4.74 Å². The lowest BCUT2D eigenvalue weighted by Crippen LogP contribution is -2.45. The van der Waals surface area contributed by atoms with Crippen molar-refractivity contribution < 1.29 is 14.3 Å². The third kappa shape index (κ3) is 2.17. The summed E-state index contributed by atoms with van der Waals surface area (Å²) in [5.41, 5.74) is 2.38. The van der Waals surface area contributed by atoms with Gasteiger partial charge in [-0.1, -0.05) is 13.0 Å². The van der Waals surface area contributed by atoms with Crippen molar-refractivity contribution >= 4 is 22.6 Å². The van der Waals surface area contributed by atoms with Crippen LogP contribution in [0.3, 0.4) is 0 Å². The number of ketones is 1. The van der Waals surface area contributed by atoms with Gasteiger partial charge in [0.25, 0.3) is 0 Å². The third-order valence-electron chi connectivity index (χ3n) is 6.95. The van der Waals surface area contributed by atoms with Crippen molar-refractivity contribution in [2.24, 2.45) is 23.2 Å². The Balaban J connectivity index is 1.74. The van der Waals surface area contributed by atoms with Crippen LogP contribution < -0.4 is 4.74 Å². The highest BCUT2D eigenvalue weighted by atomic mass is 35.5. The molecule has 1 aromatic rings. The van der Waals surface area contributed by atoms with Gasteiger partial charge in [-0.15, -0.1) is 0 Å². The average molecular weight is 347 g/mol. The number of benzene rings is 1. The van der Waals surface area contributed by atoms with E-state index in [0.29, 0.717) is 18.3 Å². The van der Waals surface area contributed by atoms with Crippen LogP contribution in [-0.2, 0) is 16.0 Å². The molecule has 0 saturated heterocycles. The smallest absolute Gasteiger partial charge is 0.225 e. The van der Waals surface area contributed by atoms with Gasteiger partial charge in [0, 0.05) is 17.8 Å². The number of carbonyl (C=O) groups excluding carboxylic acids is 2. The molecule has 0 heterocycles. The third-order valence-corrected chi connectivity index (χ3v) is 7.23. The number of carbonyl (C=O) groups is 2. The Morgan fingerprint density at radius 3 is 2.83 bits per heavy atom. The van der Waals surface area contributed by atoms with Crippen LogP contribution >= 0.6 is 11.6 Å². The molecule has 4 rings (SSSR count). The Hall–Kier alpha value is -1.35. The van der Waals surface area contributed by atoms with Gasteiger partial charge in [-0.2, -0.15) is 0 Å². The van der Waals surface area contributed by atoms with Crippen molar-refractivity contribution in [1.82, 2.24) is 0 Å². The summed E-state index contributed by atoms with van der Waals surface area (Å²) in [4.78, 5) is 24.6. The second-order valence-corrected chi connectivity index (χ2v) is 8.27. The molecular formula is C20H23ClO3. The molecule has 0 unspecified atom stereocenters. The van der Waals surface area contributed by atoms with Gasteiger partial charge in [0.05, 0.1) is 7.11 Å². The van der Waals surface area contributed by atoms with E-state index in [0.717, 1.165) is 31.4 Å². The van der Waals surface area contributed by atoms with Crippen molar-refractivity contribution in [2.45, 2.75) is 44.9 Å². The molecule has 3 nitrogen and oxygen atoms in total. The van der Waals surface area contributed by atoms with Crippen LogP contribution in [0.2, 0.25) is 0 Å². The minimum Gasteiger partial charge on any atom is -0.497 e. The molecule has 0 spiro atoms. The number of ether oxygens (including phenoxy) is 1. The average Bonchev–Trinajstić information content (AvgIpc) is 2.86. The van der Waals surface area contributed by atoms with Crippen LogP contribution in [0.25, 0.3) is 0 Å². The summed E-state index contributed by atoms with van der Waals surface area (Å²) in [6.45, 7) is 2.07. The maximum absolute atomic E-state index is 12.6. The maximum Gasteiger partial charge on any atom is 0.225 e. The van der Waals surface area contributed by atoms with Crippen LogP contribution in [0, 0.1) is 23.2 Å². The van der Waals surface area contributed by atoms with E-state index in [1.807, 2.05) is 6.07 Å². The first-order valence-electron chi connectivity index (χ1n) is 8.85. The molecule has 2 saturated carbocycles. The first kappa shape index (κ1) is 16.1. The molecule has 2 fully saturated rings. The van der Waals surface area contributed by atoms with Gasteiger partial charge in [-0.05, 0) is 78.3 Å². The van der Waals surface area contributed by atoms with E-state index in [4.69, 9.17) is 16.3 Å². The van der Waals surface area contributed by atoms with E-state index in [2.05, 4.69) is 19.1 Å². The highest BCUT2D eigenvalue weighted by Gasteiger charge is 2.60. The summed E-state index contributed by atoms with van der Waals surface area (Å²) in [7, 11) is 1.69. The number of halogens is 1. The second-order valence-electron chi connectivity index (χ2n) is 7.89. The van der Waals surface area contributed by atoms with E-state index in [-0.39, 0.29) is 28.3 Å². The molecular weight excluding hydrogens is 324 g/mol. The predicted molar refractivity (Wildman–Crippen MR) is 92.4 cm³/mol. The molecule has 0 bridgehead atoms. The lowest BCUT2D eigenvalue weighted by molar-refractivity contribution is -0.129. The molecule has 0 aromatic heterocycles. The molecule has 5 atom stereocenters. The normalized spacial score (nSPS) is 37.4. The number of methoxy groups -OCH3 is 1. The van der Waals surface area contributed by atoms with Crippen LogP contribution in [0.1, 0.15) is 49.7 Å². The zero-order chi connectivity index (χ0) is 17.1. The van der Waals surface area contributed by atoms with Gasteiger partial charge in [-0.3, -0.25) is 9.59 Å². The highest BCUT2D eigenvalue weighted by molar-refractivity contribution is 6.64. The van der Waals surface area contributed by atoms with Gasteiger partial charge in [-0.25, -0.2) is 0 Å². The fourth-order valence-electron chi connectivity index (χ4n) is 5.78. The number of rotatable bonds is 2. The zero-order valence-corrected chi connectivity index (χ0v) is 14.9. The first-order valence-corrected chi connectivity index (χ1v) is 9.23. The number of hydrogen-bond donors (Lipinski definition) is 0. The van der Waals surface area contributed by atoms with Gasteiger partial charge >= 0.3 is 0 Å². The topological polar surface area (TPSA) is 43.4 Å². The van der Waals surface area contributed by atoms with E-state index in [9.17, 15) is 9.59 Å². The van der Waals surface area contributed by atoms with Crippen molar-refractivity contribution in [1.29, 1.82) is 0 Å². The summed E-state index contributed by atoms with van der Waals surface area (Å²) in [6, 6.07) is 6.35. The van der Waals surface area contributed by atoms with Crippen LogP contribution in [0.4, 0.5) is 0 Å². The van der Waals surface area contributed by atoms with Crippen LogP contribution in [-0.4, -0.2) is 18.1 Å². The van der Waals surface area contributed by atoms with Crippen molar-refractivity contribution in [3.05, 3.63) is 29.3 Å². The Morgan fingerprint density at radius 2 is 2.12 bits per heavy atom. The lowest BCUT2D eigenvalue weighted by Gasteiger charge is -2.49. The summed E-state index contributed by atoms with van der Waals surface area (Å²) in [6.07, 6.45) is 4.23. The first-order chi connectivity index (χ1) is 11.5. The molecule has 1 aromatic carbocycles. The van der Waals surface area contributed by atoms with Crippen molar-refractivity contribution in [3.8, 4) is 5.75 Å². The minimum atomic E-state index is -0.361. The van der Waals surface area contributed by atoms with E-state index >= 15 is 0 Å². The van der Waals surface area contributed by atoms with E-state index in [1.165, 1.54) is 11.1 Å². The maximum atomic E-state index is 12.6. The molecule has 4 heteroatoms. The molecule has 0 aliphatic heterocycles. The molecule has 0 N–H and O–H groups in total. The molecule has 0 amide bonds. The van der Waals surface area contributed by atoms with Crippen LogP contribution in [0.5, 0.6) is 5.75 Å². The van der Waals surface area contributed by atoms with Crippen LogP contribution in [0.15, 0.2) is 18.2 Å². The number of fused-ring (bicyclic) bond motifs is 5. The molecule has 3 aliphatic carbocycles. The summed E-state index contributed by atoms with van der Waals surface area (Å²) in [5, 5.41) is -0.321. The fraction of sp³-hybridized carbons (Fsp3) is 0.600. The molecule has 24 heavy (non-hydrogen) atoms. The molecule has 128 valence electrons. The van der Waals surface area contributed by atoms with Gasteiger partial charge in [0.2, 0.25) is 5.24 Å². The van der Waals surface area contributed by atoms with Crippen molar-refractivity contribution in [3.63, 3.8) is 0 Å². The fourth-order valence-corrected chi connectivity index (χ4v) is 6.00. The second kappa shape index (κ2) is 5.59. The summed E-state index contributed by atoms with van der Waals surface area (Å²) >= 11 is 5.89. The van der Waals surface area contributed by atoms with Gasteiger partial charge in [0.15, 0.2) is 0 Å². The predicted octanol–water partition coefficient (Wildman–Crippen LogP) is 4.11. The number of aryl methyl sites for hydroxylation is 1. The highest BCUT2D eigenvalue weighted by Crippen LogP contribution is 2.61. The van der Waals surface area contributed by atoms with Gasteiger partial charge in [0.1, 0.15) is 11.5 Å². The van der Waals surface area contributed by atoms with E-state index in [1.54, 1.807) is 7.11 Å². The number of hydrogen-bond acceptors (Lipinski definition) is 3. The Labute approximate surface area is 147 Å². The molecule has 0 radical (unpaired) electrons. The Kier molecular flexibility index (Phi) is 3.76.